The van der Waals surface area contributed by atoms with E-state index in [4.69, 9.17) is 4.52 Å². The van der Waals surface area contributed by atoms with Gasteiger partial charge >= 0.3 is 6.03 Å². The molecule has 122 valence electrons. The van der Waals surface area contributed by atoms with Crippen molar-refractivity contribution in [3.8, 4) is 0 Å². The molecule has 0 saturated carbocycles. The molecule has 1 aliphatic rings. The molecule has 3 rings (SSSR count). The van der Waals surface area contributed by atoms with Crippen LogP contribution in [-0.4, -0.2) is 42.3 Å². The van der Waals surface area contributed by atoms with Crippen molar-refractivity contribution in [2.75, 3.05) is 36.4 Å². The molecule has 0 unspecified atom stereocenters. The number of aromatic nitrogens is 1. The van der Waals surface area contributed by atoms with Gasteiger partial charge in [0.1, 0.15) is 5.76 Å². The molecule has 1 N–H and O–H groups in total. The molecular weight excluding hydrogens is 292 g/mol. The number of carbonyl (C=O) groups excluding carboxylic acids is 1. The second-order valence-electron chi connectivity index (χ2n) is 5.71. The zero-order valence-corrected chi connectivity index (χ0v) is 13.6. The molecule has 1 aromatic carbocycles. The zero-order chi connectivity index (χ0) is 16.2. The van der Waals surface area contributed by atoms with Crippen molar-refractivity contribution in [1.29, 1.82) is 0 Å². The number of nitrogens with one attached hydrogen (secondary N) is 1. The summed E-state index contributed by atoms with van der Waals surface area (Å²) in [4.78, 5) is 16.4. The molecule has 0 aliphatic carbocycles. The smallest absolute Gasteiger partial charge is 0.321 e. The molecule has 0 bridgehead atoms. The van der Waals surface area contributed by atoms with Crippen molar-refractivity contribution in [3.05, 3.63) is 41.7 Å². The normalized spacial score (nSPS) is 14.9. The van der Waals surface area contributed by atoms with Gasteiger partial charge in [0.15, 0.2) is 5.82 Å². The van der Waals surface area contributed by atoms with Gasteiger partial charge in [-0.15, -0.1) is 0 Å². The molecule has 6 nitrogen and oxygen atoms in total. The number of para-hydroxylation sites is 1. The molecule has 2 aromatic rings. The highest BCUT2D eigenvalue weighted by Crippen LogP contribution is 2.18. The first-order valence-electron chi connectivity index (χ1n) is 7.99. The van der Waals surface area contributed by atoms with Crippen LogP contribution in [0, 0.1) is 6.92 Å². The molecule has 1 fully saturated rings. The van der Waals surface area contributed by atoms with E-state index < -0.39 is 0 Å². The standard InChI is InChI=1S/C17H22N4O2/c1-3-14-6-4-5-7-15(14)18-17(22)21-10-8-20(9-11-21)16-12-13(2)23-19-16/h4-7,12H,3,8-11H2,1-2H3,(H,18,22). The maximum absolute atomic E-state index is 12.4. The minimum atomic E-state index is -0.0399. The fourth-order valence-electron chi connectivity index (χ4n) is 2.79. The number of anilines is 2. The van der Waals surface area contributed by atoms with E-state index >= 15 is 0 Å². The number of amides is 2. The molecule has 1 saturated heterocycles. The average molecular weight is 314 g/mol. The summed E-state index contributed by atoms with van der Waals surface area (Å²) in [7, 11) is 0. The van der Waals surface area contributed by atoms with E-state index in [0.29, 0.717) is 13.1 Å². The summed E-state index contributed by atoms with van der Waals surface area (Å²) in [6.45, 7) is 6.83. The molecule has 2 amide bonds. The summed E-state index contributed by atoms with van der Waals surface area (Å²) >= 11 is 0. The Morgan fingerprint density at radius 3 is 2.65 bits per heavy atom. The maximum Gasteiger partial charge on any atom is 0.321 e. The highest BCUT2D eigenvalue weighted by Gasteiger charge is 2.23. The SMILES string of the molecule is CCc1ccccc1NC(=O)N1CCN(c2cc(C)on2)CC1. The fourth-order valence-corrected chi connectivity index (χ4v) is 2.79. The lowest BCUT2D eigenvalue weighted by molar-refractivity contribution is 0.208. The van der Waals surface area contributed by atoms with Gasteiger partial charge in [0, 0.05) is 37.9 Å². The Morgan fingerprint density at radius 2 is 2.00 bits per heavy atom. The highest BCUT2D eigenvalue weighted by atomic mass is 16.5. The predicted octanol–water partition coefficient (Wildman–Crippen LogP) is 2.90. The lowest BCUT2D eigenvalue weighted by atomic mass is 10.1. The minimum absolute atomic E-state index is 0.0399. The minimum Gasteiger partial charge on any atom is -0.360 e. The first kappa shape index (κ1) is 15.4. The van der Waals surface area contributed by atoms with Crippen molar-refractivity contribution in [2.45, 2.75) is 20.3 Å². The van der Waals surface area contributed by atoms with Gasteiger partial charge in [-0.25, -0.2) is 4.79 Å². The molecule has 0 radical (unpaired) electrons. The number of hydrogen-bond acceptors (Lipinski definition) is 4. The summed E-state index contributed by atoms with van der Waals surface area (Å²) in [5.41, 5.74) is 2.05. The van der Waals surface area contributed by atoms with Gasteiger partial charge in [-0.2, -0.15) is 0 Å². The van der Waals surface area contributed by atoms with Gasteiger partial charge in [-0.05, 0) is 25.0 Å². The lowest BCUT2D eigenvalue weighted by Gasteiger charge is -2.34. The molecule has 1 aromatic heterocycles. The van der Waals surface area contributed by atoms with E-state index in [1.807, 2.05) is 42.2 Å². The van der Waals surface area contributed by atoms with Crippen LogP contribution < -0.4 is 10.2 Å². The van der Waals surface area contributed by atoms with Gasteiger partial charge in [0.25, 0.3) is 0 Å². The topological polar surface area (TPSA) is 61.6 Å². The Labute approximate surface area is 136 Å². The number of hydrogen-bond donors (Lipinski definition) is 1. The van der Waals surface area contributed by atoms with E-state index in [2.05, 4.69) is 22.3 Å². The van der Waals surface area contributed by atoms with Gasteiger partial charge < -0.3 is 19.6 Å². The van der Waals surface area contributed by atoms with E-state index in [1.54, 1.807) is 0 Å². The lowest BCUT2D eigenvalue weighted by Crippen LogP contribution is -2.50. The monoisotopic (exact) mass is 314 g/mol. The summed E-state index contributed by atoms with van der Waals surface area (Å²) in [5.74, 6) is 1.65. The van der Waals surface area contributed by atoms with Gasteiger partial charge in [-0.3, -0.25) is 0 Å². The van der Waals surface area contributed by atoms with Crippen molar-refractivity contribution in [3.63, 3.8) is 0 Å². The molecular formula is C17H22N4O2. The zero-order valence-electron chi connectivity index (χ0n) is 13.6. The van der Waals surface area contributed by atoms with Crippen molar-refractivity contribution >= 4 is 17.5 Å². The Hall–Kier alpha value is -2.50. The number of piperazine rings is 1. The summed E-state index contributed by atoms with van der Waals surface area (Å²) in [5, 5.41) is 7.06. The van der Waals surface area contributed by atoms with Crippen LogP contribution >= 0.6 is 0 Å². The fraction of sp³-hybridized carbons (Fsp3) is 0.412. The molecule has 2 heterocycles. The second-order valence-corrected chi connectivity index (χ2v) is 5.71. The molecule has 23 heavy (non-hydrogen) atoms. The number of nitrogens with zero attached hydrogens (tertiary/aromatic N) is 3. The van der Waals surface area contributed by atoms with Gasteiger partial charge in [0.05, 0.1) is 0 Å². The molecule has 0 spiro atoms. The average Bonchev–Trinajstić information content (AvgIpc) is 3.02. The Bertz CT molecular complexity index is 675. The second kappa shape index (κ2) is 6.73. The first-order chi connectivity index (χ1) is 11.2. The quantitative estimate of drug-likeness (QED) is 0.946. The van der Waals surface area contributed by atoms with E-state index in [-0.39, 0.29) is 6.03 Å². The Balaban J connectivity index is 1.58. The third-order valence-electron chi connectivity index (χ3n) is 4.15. The number of benzene rings is 1. The van der Waals surface area contributed by atoms with Crippen molar-refractivity contribution in [2.24, 2.45) is 0 Å². The van der Waals surface area contributed by atoms with Crippen molar-refractivity contribution < 1.29 is 9.32 Å². The van der Waals surface area contributed by atoms with Gasteiger partial charge in [-0.1, -0.05) is 30.3 Å². The molecule has 1 aliphatic heterocycles. The number of carbonyl (C=O) groups is 1. The largest absolute Gasteiger partial charge is 0.360 e. The van der Waals surface area contributed by atoms with E-state index in [1.165, 1.54) is 0 Å². The van der Waals surface area contributed by atoms with Crippen LogP contribution in [0.25, 0.3) is 0 Å². The summed E-state index contributed by atoms with van der Waals surface area (Å²) in [6.07, 6.45) is 0.899. The number of aryl methyl sites for hydroxylation is 2. The molecule has 6 heteroatoms. The Kier molecular flexibility index (Phi) is 4.50. The third-order valence-corrected chi connectivity index (χ3v) is 4.15. The van der Waals surface area contributed by atoms with Gasteiger partial charge in [0.2, 0.25) is 0 Å². The molecule has 0 atom stereocenters. The summed E-state index contributed by atoms with van der Waals surface area (Å²) < 4.78 is 5.11. The number of urea groups is 1. The predicted molar refractivity (Wildman–Crippen MR) is 89.9 cm³/mol. The maximum atomic E-state index is 12.4. The van der Waals surface area contributed by atoms with Crippen LogP contribution in [0.2, 0.25) is 0 Å². The van der Waals surface area contributed by atoms with Crippen LogP contribution in [0.4, 0.5) is 16.3 Å². The van der Waals surface area contributed by atoms with E-state index in [0.717, 1.165) is 42.3 Å². The van der Waals surface area contributed by atoms with Crippen LogP contribution in [0.5, 0.6) is 0 Å². The number of rotatable bonds is 3. The first-order valence-corrected chi connectivity index (χ1v) is 7.99. The van der Waals surface area contributed by atoms with Crippen LogP contribution in [0.15, 0.2) is 34.9 Å². The third kappa shape index (κ3) is 3.47. The summed E-state index contributed by atoms with van der Waals surface area (Å²) in [6, 6.07) is 9.81. The van der Waals surface area contributed by atoms with Crippen LogP contribution in [0.1, 0.15) is 18.2 Å². The van der Waals surface area contributed by atoms with Crippen LogP contribution in [-0.2, 0) is 6.42 Å². The van der Waals surface area contributed by atoms with Crippen LogP contribution in [0.3, 0.4) is 0 Å². The van der Waals surface area contributed by atoms with Crippen molar-refractivity contribution in [1.82, 2.24) is 10.1 Å². The highest BCUT2D eigenvalue weighted by molar-refractivity contribution is 5.90. The van der Waals surface area contributed by atoms with E-state index in [9.17, 15) is 4.79 Å². The Morgan fingerprint density at radius 1 is 1.26 bits per heavy atom.